The second kappa shape index (κ2) is 6.91. The molecule has 0 saturated heterocycles. The number of carbonyl (C=O) groups is 1. The largest absolute Gasteiger partial charge is 0.334 e. The van der Waals surface area contributed by atoms with Crippen LogP contribution in [-0.4, -0.2) is 11.0 Å². The van der Waals surface area contributed by atoms with Crippen molar-refractivity contribution in [1.29, 1.82) is 0 Å². The van der Waals surface area contributed by atoms with Crippen molar-refractivity contribution >= 4 is 17.4 Å². The summed E-state index contributed by atoms with van der Waals surface area (Å²) in [5.41, 5.74) is 4.23. The lowest BCUT2D eigenvalue weighted by Crippen LogP contribution is -2.28. The molecule has 0 saturated carbocycles. The molecule has 2 aromatic rings. The van der Waals surface area contributed by atoms with E-state index in [0.29, 0.717) is 17.8 Å². The molecular formula is C17H19N3O3. The summed E-state index contributed by atoms with van der Waals surface area (Å²) in [4.78, 5) is 22.4. The molecule has 0 aliphatic heterocycles. The van der Waals surface area contributed by atoms with Gasteiger partial charge in [0.1, 0.15) is 0 Å². The van der Waals surface area contributed by atoms with Crippen molar-refractivity contribution in [3.63, 3.8) is 0 Å². The Morgan fingerprint density at radius 3 is 2.48 bits per heavy atom. The lowest BCUT2D eigenvalue weighted by atomic mass is 10.1. The number of urea groups is 1. The summed E-state index contributed by atoms with van der Waals surface area (Å²) in [6.45, 7) is 6.06. The third-order valence-corrected chi connectivity index (χ3v) is 3.60. The molecule has 6 nitrogen and oxygen atoms in total. The third kappa shape index (κ3) is 4.29. The fraction of sp³-hybridized carbons (Fsp3) is 0.235. The van der Waals surface area contributed by atoms with E-state index in [4.69, 9.17) is 0 Å². The van der Waals surface area contributed by atoms with Gasteiger partial charge in [-0.2, -0.15) is 0 Å². The molecule has 0 bridgehead atoms. The number of hydrogen-bond acceptors (Lipinski definition) is 3. The van der Waals surface area contributed by atoms with E-state index in [1.54, 1.807) is 19.1 Å². The van der Waals surface area contributed by atoms with Gasteiger partial charge in [0.25, 0.3) is 5.69 Å². The topological polar surface area (TPSA) is 84.3 Å². The Balaban J connectivity index is 2.00. The third-order valence-electron chi connectivity index (χ3n) is 3.60. The monoisotopic (exact) mass is 313 g/mol. The second-order valence-electron chi connectivity index (χ2n) is 5.50. The summed E-state index contributed by atoms with van der Waals surface area (Å²) >= 11 is 0. The van der Waals surface area contributed by atoms with Gasteiger partial charge in [-0.1, -0.05) is 29.8 Å². The highest BCUT2D eigenvalue weighted by atomic mass is 16.6. The zero-order chi connectivity index (χ0) is 17.0. The van der Waals surface area contributed by atoms with Crippen LogP contribution in [0.3, 0.4) is 0 Å². The fourth-order valence-electron chi connectivity index (χ4n) is 2.28. The van der Waals surface area contributed by atoms with Crippen LogP contribution in [0.15, 0.2) is 36.4 Å². The number of amides is 2. The standard InChI is InChI=1S/C17H19N3O3/c1-11-4-6-14(13(3)8-11)10-18-17(21)19-15-7-5-12(2)16(9-15)20(22)23/h4-9H,10H2,1-3H3,(H2,18,19,21). The Bertz CT molecular complexity index is 757. The maximum atomic E-state index is 11.9. The summed E-state index contributed by atoms with van der Waals surface area (Å²) in [5, 5.41) is 16.3. The molecule has 0 unspecified atom stereocenters. The molecule has 6 heteroatoms. The number of nitro groups is 1. The highest BCUT2D eigenvalue weighted by molar-refractivity contribution is 5.89. The smallest absolute Gasteiger partial charge is 0.319 e. The first-order chi connectivity index (χ1) is 10.9. The van der Waals surface area contributed by atoms with Crippen molar-refractivity contribution < 1.29 is 9.72 Å². The van der Waals surface area contributed by atoms with Crippen molar-refractivity contribution in [2.45, 2.75) is 27.3 Å². The first-order valence-corrected chi connectivity index (χ1v) is 7.23. The lowest BCUT2D eigenvalue weighted by Gasteiger charge is -2.10. The van der Waals surface area contributed by atoms with Gasteiger partial charge in [-0.3, -0.25) is 10.1 Å². The van der Waals surface area contributed by atoms with E-state index in [0.717, 1.165) is 11.1 Å². The number of benzene rings is 2. The summed E-state index contributed by atoms with van der Waals surface area (Å²) < 4.78 is 0. The molecule has 2 N–H and O–H groups in total. The average molecular weight is 313 g/mol. The van der Waals surface area contributed by atoms with Gasteiger partial charge < -0.3 is 10.6 Å². The van der Waals surface area contributed by atoms with Crippen molar-refractivity contribution in [2.75, 3.05) is 5.32 Å². The van der Waals surface area contributed by atoms with Gasteiger partial charge in [0, 0.05) is 23.9 Å². The minimum absolute atomic E-state index is 0.0165. The molecule has 0 atom stereocenters. The minimum Gasteiger partial charge on any atom is -0.334 e. The Morgan fingerprint density at radius 1 is 1.09 bits per heavy atom. The van der Waals surface area contributed by atoms with Crippen molar-refractivity contribution in [1.82, 2.24) is 5.32 Å². The second-order valence-corrected chi connectivity index (χ2v) is 5.50. The maximum absolute atomic E-state index is 11.9. The molecule has 2 rings (SSSR count). The van der Waals surface area contributed by atoms with Crippen LogP contribution in [0.25, 0.3) is 0 Å². The summed E-state index contributed by atoms with van der Waals surface area (Å²) in [7, 11) is 0. The number of rotatable bonds is 4. The number of carbonyl (C=O) groups excluding carboxylic acids is 1. The van der Waals surface area contributed by atoms with Crippen LogP contribution in [0.5, 0.6) is 0 Å². The van der Waals surface area contributed by atoms with Crippen molar-refractivity contribution in [2.24, 2.45) is 0 Å². The number of nitrogens with zero attached hydrogens (tertiary/aromatic N) is 1. The molecule has 0 aliphatic rings. The molecule has 0 spiro atoms. The van der Waals surface area contributed by atoms with Crippen LogP contribution >= 0.6 is 0 Å². The van der Waals surface area contributed by atoms with Crippen LogP contribution in [0.4, 0.5) is 16.2 Å². The summed E-state index contributed by atoms with van der Waals surface area (Å²) in [5.74, 6) is 0. The normalized spacial score (nSPS) is 10.2. The van der Waals surface area contributed by atoms with Gasteiger partial charge in [-0.25, -0.2) is 4.79 Å². The van der Waals surface area contributed by atoms with E-state index in [9.17, 15) is 14.9 Å². The Morgan fingerprint density at radius 2 is 1.83 bits per heavy atom. The Kier molecular flexibility index (Phi) is 4.95. The molecule has 0 aromatic heterocycles. The van der Waals surface area contributed by atoms with Gasteiger partial charge >= 0.3 is 6.03 Å². The Labute approximate surface area is 134 Å². The molecular weight excluding hydrogens is 294 g/mol. The van der Waals surface area contributed by atoms with E-state index in [1.807, 2.05) is 26.0 Å². The molecule has 2 aromatic carbocycles. The van der Waals surface area contributed by atoms with Gasteiger partial charge in [-0.05, 0) is 38.0 Å². The van der Waals surface area contributed by atoms with Crippen LogP contribution in [0.1, 0.15) is 22.3 Å². The minimum atomic E-state index is -0.464. The number of aryl methyl sites for hydroxylation is 3. The summed E-state index contributed by atoms with van der Waals surface area (Å²) in [6, 6.07) is 10.2. The quantitative estimate of drug-likeness (QED) is 0.664. The highest BCUT2D eigenvalue weighted by Crippen LogP contribution is 2.22. The molecule has 23 heavy (non-hydrogen) atoms. The zero-order valence-electron chi connectivity index (χ0n) is 13.3. The van der Waals surface area contributed by atoms with Gasteiger partial charge in [0.05, 0.1) is 4.92 Å². The van der Waals surface area contributed by atoms with Crippen molar-refractivity contribution in [3.8, 4) is 0 Å². The van der Waals surface area contributed by atoms with E-state index in [1.165, 1.54) is 11.6 Å². The molecule has 0 radical (unpaired) electrons. The number of nitrogens with one attached hydrogen (secondary N) is 2. The fourth-order valence-corrected chi connectivity index (χ4v) is 2.28. The van der Waals surface area contributed by atoms with Crippen LogP contribution in [-0.2, 0) is 6.54 Å². The number of nitro benzene ring substituents is 1. The van der Waals surface area contributed by atoms with Crippen LogP contribution in [0.2, 0.25) is 0 Å². The molecule has 0 aliphatic carbocycles. The van der Waals surface area contributed by atoms with Gasteiger partial charge in [0.2, 0.25) is 0 Å². The molecule has 0 fully saturated rings. The zero-order valence-corrected chi connectivity index (χ0v) is 13.3. The number of hydrogen-bond donors (Lipinski definition) is 2. The van der Waals surface area contributed by atoms with E-state index in [-0.39, 0.29) is 5.69 Å². The van der Waals surface area contributed by atoms with Crippen LogP contribution < -0.4 is 10.6 Å². The van der Waals surface area contributed by atoms with E-state index >= 15 is 0 Å². The predicted molar refractivity (Wildman–Crippen MR) is 89.6 cm³/mol. The van der Waals surface area contributed by atoms with E-state index < -0.39 is 11.0 Å². The Hall–Kier alpha value is -2.89. The van der Waals surface area contributed by atoms with E-state index in [2.05, 4.69) is 16.7 Å². The van der Waals surface area contributed by atoms with Crippen molar-refractivity contribution in [3.05, 3.63) is 68.8 Å². The summed E-state index contributed by atoms with van der Waals surface area (Å²) in [6.07, 6.45) is 0. The van der Waals surface area contributed by atoms with Gasteiger partial charge in [0.15, 0.2) is 0 Å². The molecule has 0 heterocycles. The van der Waals surface area contributed by atoms with Crippen LogP contribution in [0, 0.1) is 30.9 Å². The first-order valence-electron chi connectivity index (χ1n) is 7.23. The number of anilines is 1. The maximum Gasteiger partial charge on any atom is 0.319 e. The average Bonchev–Trinajstić information content (AvgIpc) is 2.48. The molecule has 2 amide bonds. The molecule has 120 valence electrons. The SMILES string of the molecule is Cc1ccc(CNC(=O)Nc2ccc(C)c([N+](=O)[O-])c2)c(C)c1. The van der Waals surface area contributed by atoms with Gasteiger partial charge in [-0.15, -0.1) is 0 Å². The lowest BCUT2D eigenvalue weighted by molar-refractivity contribution is -0.385. The predicted octanol–water partition coefficient (Wildman–Crippen LogP) is 3.84. The first kappa shape index (κ1) is 16.5. The highest BCUT2D eigenvalue weighted by Gasteiger charge is 2.12.